The van der Waals surface area contributed by atoms with E-state index in [0.717, 1.165) is 106 Å². The van der Waals surface area contributed by atoms with Crippen molar-refractivity contribution < 1.29 is 28.5 Å². The molecule has 13 nitrogen and oxygen atoms in total. The number of esters is 2. The van der Waals surface area contributed by atoms with E-state index in [2.05, 4.69) is 181 Å². The van der Waals surface area contributed by atoms with Gasteiger partial charge in [0.2, 0.25) is 0 Å². The molecule has 0 unspecified atom stereocenters. The van der Waals surface area contributed by atoms with Crippen LogP contribution in [0, 0.1) is 59.2 Å². The second-order valence-corrected chi connectivity index (χ2v) is 25.8. The van der Waals surface area contributed by atoms with Crippen LogP contribution in [0.3, 0.4) is 0 Å². The quantitative estimate of drug-likeness (QED) is 0.0719. The van der Waals surface area contributed by atoms with Gasteiger partial charge in [0.15, 0.2) is 6.29 Å². The number of nitrogens with zero attached hydrogens (tertiary/aromatic N) is 5. The highest BCUT2D eigenvalue weighted by atomic mass is 16.7. The van der Waals surface area contributed by atoms with Gasteiger partial charge in [-0.15, -0.1) is 0 Å². The van der Waals surface area contributed by atoms with Gasteiger partial charge < -0.3 is 28.9 Å². The maximum Gasteiger partial charge on any atom is 0.338 e. The first-order valence-corrected chi connectivity index (χ1v) is 36.0. The Labute approximate surface area is 636 Å². The number of benzene rings is 7. The first-order chi connectivity index (χ1) is 54.2. The lowest BCUT2D eigenvalue weighted by Gasteiger charge is -2.37. The van der Waals surface area contributed by atoms with Crippen molar-refractivity contribution in [3.05, 3.63) is 385 Å². The highest BCUT2D eigenvalue weighted by molar-refractivity contribution is 5.97. The molecular formula is C97H65N7O6. The van der Waals surface area contributed by atoms with Gasteiger partial charge in [0.25, 0.3) is 0 Å². The number of H-pyrrole nitrogens is 2. The SMILES string of the molecule is CCOC(=O)c1ccc(-c2c3nc(c(C#Cc4ccc(C(c5ccc(C#Cc6ccncc6)cc5)(c5ccc(C#Cc6ccncc6)cc5)c5ccc(C#Cc6ccncc6)cc5)cc4)c4ccc([nH]4)c(-c4ccc(C(=O)OCC)cc4)c4nc(c(C#Cc5ccc(C6OCCO6)cc5)c5ccc2[nH]5)C=C4)C=C3)cc1. The van der Waals surface area contributed by atoms with Gasteiger partial charge in [0.1, 0.15) is 0 Å². The van der Waals surface area contributed by atoms with Crippen molar-refractivity contribution in [3.8, 4) is 81.5 Å². The number of ether oxygens (including phenoxy) is 4. The Hall–Kier alpha value is -14.8. The number of nitrogens with one attached hydrogen (secondary N) is 2. The molecule has 0 radical (unpaired) electrons. The molecule has 6 aromatic heterocycles. The van der Waals surface area contributed by atoms with Gasteiger partial charge in [-0.3, -0.25) is 15.0 Å². The third-order valence-corrected chi connectivity index (χ3v) is 19.0. The molecular weight excluding hydrogens is 1360 g/mol. The van der Waals surface area contributed by atoms with Crippen LogP contribution in [0.5, 0.6) is 0 Å². The monoisotopic (exact) mass is 1420 g/mol. The molecule has 0 atom stereocenters. The van der Waals surface area contributed by atoms with Gasteiger partial charge in [-0.05, 0) is 217 Å². The van der Waals surface area contributed by atoms with Crippen molar-refractivity contribution in [2.75, 3.05) is 26.4 Å². The molecule has 2 N–H and O–H groups in total. The van der Waals surface area contributed by atoms with Crippen LogP contribution in [-0.4, -0.2) is 73.3 Å². The van der Waals surface area contributed by atoms with Crippen molar-refractivity contribution in [3.63, 3.8) is 0 Å². The zero-order valence-corrected chi connectivity index (χ0v) is 59.8. The van der Waals surface area contributed by atoms with Gasteiger partial charge in [-0.1, -0.05) is 144 Å². The molecule has 3 aliphatic rings. The fourth-order valence-electron chi connectivity index (χ4n) is 13.5. The fraction of sp³-hybridized carbons (Fsp3) is 0.0825. The first kappa shape index (κ1) is 69.6. The summed E-state index contributed by atoms with van der Waals surface area (Å²) in [5.41, 5.74) is 21.1. The summed E-state index contributed by atoms with van der Waals surface area (Å²) in [6.45, 7) is 5.12. The molecule has 8 bridgehead atoms. The molecule has 524 valence electrons. The molecule has 110 heavy (non-hydrogen) atoms. The maximum atomic E-state index is 13.1. The second-order valence-electron chi connectivity index (χ2n) is 25.8. The molecule has 0 amide bonds. The summed E-state index contributed by atoms with van der Waals surface area (Å²) in [5, 5.41) is 0. The van der Waals surface area contributed by atoms with Crippen molar-refractivity contribution in [1.29, 1.82) is 0 Å². The van der Waals surface area contributed by atoms with Crippen molar-refractivity contribution in [2.24, 2.45) is 0 Å². The first-order valence-electron chi connectivity index (χ1n) is 36.0. The van der Waals surface area contributed by atoms with Gasteiger partial charge in [-0.25, -0.2) is 19.6 Å². The number of aromatic nitrogens is 7. The van der Waals surface area contributed by atoms with E-state index >= 15 is 0 Å². The Balaban J connectivity index is 0.879. The van der Waals surface area contributed by atoms with E-state index in [9.17, 15) is 9.59 Å². The standard InChI is InChI=1S/C97H65N7O6/c1-3-107-94(105)75-29-25-73(26-30-75)92-88-47-43-84(101-88)82(41-21-68-11-23-77(24-12-68)96-109-63-64-110-96)85-44-48-89(102-85)93(74-27-31-76(32-28-74)95(106)108-4-2)91-50-46-87(104-91)83(86-45-49-90(92)103-86)42-22-69-19-39-81(40-20-69)97(78-33-13-65(14-34-78)5-8-70-51-57-98-58-52-70,79-35-15-66(16-36-79)6-9-71-53-59-99-60-54-71)80-37-17-67(18-38-80)7-10-72-55-61-100-62-56-72/h11-20,23-40,43-62,96,101,104H,3-4,63-64H2,1-2H3. The van der Waals surface area contributed by atoms with Crippen LogP contribution in [0.25, 0.3) is 68.6 Å². The summed E-state index contributed by atoms with van der Waals surface area (Å²) >= 11 is 0. The van der Waals surface area contributed by atoms with Crippen LogP contribution in [0.15, 0.2) is 268 Å². The summed E-state index contributed by atoms with van der Waals surface area (Å²) in [5.74, 6) is 33.4. The lowest BCUT2D eigenvalue weighted by atomic mass is 9.65. The number of fused-ring (bicyclic) bond motifs is 8. The highest BCUT2D eigenvalue weighted by Gasteiger charge is 2.39. The lowest BCUT2D eigenvalue weighted by Crippen LogP contribution is -2.31. The van der Waals surface area contributed by atoms with Crippen LogP contribution in [0.2, 0.25) is 0 Å². The van der Waals surface area contributed by atoms with Gasteiger partial charge in [0, 0.05) is 109 Å². The summed E-state index contributed by atoms with van der Waals surface area (Å²) in [6.07, 6.45) is 18.0. The molecule has 3 aliphatic heterocycles. The van der Waals surface area contributed by atoms with Crippen LogP contribution < -0.4 is 0 Å². The smallest absolute Gasteiger partial charge is 0.338 e. The summed E-state index contributed by atoms with van der Waals surface area (Å²) in [6, 6.07) is 75.9. The number of carbonyl (C=O) groups excluding carboxylic acids is 2. The topological polar surface area (TPSA) is 167 Å². The van der Waals surface area contributed by atoms with Gasteiger partial charge >= 0.3 is 11.9 Å². The average Bonchev–Trinajstić information content (AvgIpc) is 1.40. The Morgan fingerprint density at radius 3 is 0.973 bits per heavy atom. The lowest BCUT2D eigenvalue weighted by molar-refractivity contribution is -0.0441. The van der Waals surface area contributed by atoms with E-state index < -0.39 is 23.6 Å². The number of carbonyl (C=O) groups is 2. The summed E-state index contributed by atoms with van der Waals surface area (Å²) in [4.78, 5) is 57.3. The molecule has 1 fully saturated rings. The Morgan fingerprint density at radius 1 is 0.355 bits per heavy atom. The predicted octanol–water partition coefficient (Wildman–Crippen LogP) is 18.0. The number of pyridine rings is 3. The summed E-state index contributed by atoms with van der Waals surface area (Å²) in [7, 11) is 0. The minimum absolute atomic E-state index is 0.239. The van der Waals surface area contributed by atoms with Crippen molar-refractivity contribution in [1.82, 2.24) is 34.9 Å². The van der Waals surface area contributed by atoms with E-state index in [1.807, 2.05) is 133 Å². The predicted molar refractivity (Wildman–Crippen MR) is 430 cm³/mol. The highest BCUT2D eigenvalue weighted by Crippen LogP contribution is 2.46. The third-order valence-electron chi connectivity index (χ3n) is 19.0. The summed E-state index contributed by atoms with van der Waals surface area (Å²) < 4.78 is 22.4. The maximum absolute atomic E-state index is 13.1. The Bertz CT molecular complexity index is 5950. The Morgan fingerprint density at radius 2 is 0.645 bits per heavy atom. The Kier molecular flexibility index (Phi) is 20.2. The molecule has 9 heterocycles. The molecule has 0 saturated carbocycles. The van der Waals surface area contributed by atoms with Crippen LogP contribution in [-0.2, 0) is 24.4 Å². The molecule has 13 heteroatoms. The van der Waals surface area contributed by atoms with Crippen molar-refractivity contribution in [2.45, 2.75) is 25.6 Å². The van der Waals surface area contributed by atoms with Crippen molar-refractivity contribution >= 4 is 58.3 Å². The molecule has 7 aromatic carbocycles. The van der Waals surface area contributed by atoms with E-state index in [-0.39, 0.29) is 13.2 Å². The minimum atomic E-state index is -0.927. The number of rotatable bonds is 11. The van der Waals surface area contributed by atoms with Crippen LogP contribution >= 0.6 is 0 Å². The normalized spacial score (nSPS) is 12.0. The number of aromatic amines is 2. The largest absolute Gasteiger partial charge is 0.462 e. The van der Waals surface area contributed by atoms with Crippen LogP contribution in [0.4, 0.5) is 0 Å². The minimum Gasteiger partial charge on any atom is -0.462 e. The van der Waals surface area contributed by atoms with Gasteiger partial charge in [-0.2, -0.15) is 0 Å². The number of hydrogen-bond donors (Lipinski definition) is 2. The average molecular weight is 1420 g/mol. The molecule has 1 saturated heterocycles. The van der Waals surface area contributed by atoms with E-state index in [0.29, 0.717) is 69.3 Å². The fourth-order valence-corrected chi connectivity index (χ4v) is 13.5. The van der Waals surface area contributed by atoms with E-state index in [4.69, 9.17) is 28.9 Å². The zero-order valence-electron chi connectivity index (χ0n) is 59.8. The zero-order chi connectivity index (χ0) is 74.6. The molecule has 0 spiro atoms. The van der Waals surface area contributed by atoms with E-state index in [1.54, 1.807) is 75.3 Å². The second kappa shape index (κ2) is 31.9. The number of hydrogen-bond acceptors (Lipinski definition) is 11. The van der Waals surface area contributed by atoms with Crippen LogP contribution in [0.1, 0.15) is 147 Å². The van der Waals surface area contributed by atoms with E-state index in [1.165, 1.54) is 0 Å². The third kappa shape index (κ3) is 15.1. The molecule has 0 aliphatic carbocycles. The molecule has 13 aromatic rings. The molecule has 16 rings (SSSR count). The van der Waals surface area contributed by atoms with Gasteiger partial charge in [0.05, 0.1) is 87.9 Å².